The molecule has 0 bridgehead atoms. The number of nitrogens with zero attached hydrogens (tertiary/aromatic N) is 1. The molecular weight excluding hydrogens is 206 g/mol. The second-order valence-corrected chi connectivity index (χ2v) is 4.09. The molecule has 4 nitrogen and oxygen atoms in total. The zero-order chi connectivity index (χ0) is 11.4. The molecule has 1 saturated heterocycles. The Labute approximate surface area is 95.2 Å². The minimum atomic E-state index is -0.319. The highest BCUT2D eigenvalue weighted by Gasteiger charge is 2.18. The number of methoxy groups -OCH3 is 1. The van der Waals surface area contributed by atoms with Crippen molar-refractivity contribution < 1.29 is 13.9 Å². The van der Waals surface area contributed by atoms with Gasteiger partial charge < -0.3 is 9.15 Å². The van der Waals surface area contributed by atoms with E-state index in [0.717, 1.165) is 13.1 Å². The molecular formula is C12H17NO3. The van der Waals surface area contributed by atoms with Crippen LogP contribution in [-0.2, 0) is 11.3 Å². The van der Waals surface area contributed by atoms with Gasteiger partial charge in [0.2, 0.25) is 0 Å². The topological polar surface area (TPSA) is 42.7 Å². The molecule has 0 unspecified atom stereocenters. The van der Waals surface area contributed by atoms with Gasteiger partial charge in [0.05, 0.1) is 19.9 Å². The van der Waals surface area contributed by atoms with Crippen molar-refractivity contribution in [2.24, 2.45) is 0 Å². The van der Waals surface area contributed by atoms with Gasteiger partial charge in [-0.1, -0.05) is 6.42 Å². The largest absolute Gasteiger partial charge is 0.467 e. The van der Waals surface area contributed by atoms with Gasteiger partial charge in [-0.3, -0.25) is 4.90 Å². The van der Waals surface area contributed by atoms with Crippen LogP contribution in [0.5, 0.6) is 0 Å². The van der Waals surface area contributed by atoms with Crippen molar-refractivity contribution in [3.8, 4) is 0 Å². The van der Waals surface area contributed by atoms with Crippen LogP contribution in [0.1, 0.15) is 35.4 Å². The fraction of sp³-hybridized carbons (Fsp3) is 0.583. The Kier molecular flexibility index (Phi) is 3.62. The monoisotopic (exact) mass is 223 g/mol. The molecule has 0 radical (unpaired) electrons. The number of likely N-dealkylation sites (tertiary alicyclic amines) is 1. The number of rotatable bonds is 3. The van der Waals surface area contributed by atoms with Crippen LogP contribution in [0.15, 0.2) is 16.7 Å². The third-order valence-corrected chi connectivity index (χ3v) is 2.97. The number of furan rings is 1. The van der Waals surface area contributed by atoms with Crippen LogP contribution in [0, 0.1) is 0 Å². The quantitative estimate of drug-likeness (QED) is 0.735. The average Bonchev–Trinajstić information content (AvgIpc) is 2.77. The Morgan fingerprint density at radius 1 is 1.44 bits per heavy atom. The summed E-state index contributed by atoms with van der Waals surface area (Å²) in [6.45, 7) is 2.88. The highest BCUT2D eigenvalue weighted by Crippen LogP contribution is 2.17. The normalized spacial score (nSPS) is 17.3. The van der Waals surface area contributed by atoms with E-state index in [2.05, 4.69) is 4.90 Å². The third kappa shape index (κ3) is 2.44. The van der Waals surface area contributed by atoms with Gasteiger partial charge >= 0.3 is 5.97 Å². The maximum absolute atomic E-state index is 11.4. The SMILES string of the molecule is COC(=O)c1ccoc1CN1CCCCC1. The van der Waals surface area contributed by atoms with E-state index in [1.165, 1.54) is 26.4 Å². The smallest absolute Gasteiger partial charge is 0.341 e. The fourth-order valence-corrected chi connectivity index (χ4v) is 2.08. The molecule has 4 heteroatoms. The minimum absolute atomic E-state index is 0.319. The van der Waals surface area contributed by atoms with E-state index in [0.29, 0.717) is 17.9 Å². The molecule has 16 heavy (non-hydrogen) atoms. The molecule has 0 spiro atoms. The molecule has 1 fully saturated rings. The number of piperidine rings is 1. The van der Waals surface area contributed by atoms with Crippen LogP contribution >= 0.6 is 0 Å². The van der Waals surface area contributed by atoms with Crippen LogP contribution in [0.4, 0.5) is 0 Å². The zero-order valence-corrected chi connectivity index (χ0v) is 9.57. The molecule has 0 atom stereocenters. The first kappa shape index (κ1) is 11.2. The summed E-state index contributed by atoms with van der Waals surface area (Å²) in [4.78, 5) is 13.8. The molecule has 2 rings (SSSR count). The molecule has 2 heterocycles. The lowest BCUT2D eigenvalue weighted by Crippen LogP contribution is -2.29. The standard InChI is InChI=1S/C12H17NO3/c1-15-12(14)10-5-8-16-11(10)9-13-6-3-2-4-7-13/h5,8H,2-4,6-7,9H2,1H3. The zero-order valence-electron chi connectivity index (χ0n) is 9.57. The molecule has 1 aromatic rings. The van der Waals surface area contributed by atoms with Crippen LogP contribution in [0.25, 0.3) is 0 Å². The van der Waals surface area contributed by atoms with Crippen LogP contribution in [-0.4, -0.2) is 31.1 Å². The first-order chi connectivity index (χ1) is 7.81. The van der Waals surface area contributed by atoms with Crippen molar-refractivity contribution in [2.45, 2.75) is 25.8 Å². The predicted molar refractivity (Wildman–Crippen MR) is 59.2 cm³/mol. The van der Waals surface area contributed by atoms with Crippen LogP contribution in [0.3, 0.4) is 0 Å². The molecule has 0 aromatic carbocycles. The van der Waals surface area contributed by atoms with Gasteiger partial charge in [0.15, 0.2) is 0 Å². The van der Waals surface area contributed by atoms with Gasteiger partial charge in [0.1, 0.15) is 11.3 Å². The molecule has 88 valence electrons. The summed E-state index contributed by atoms with van der Waals surface area (Å²) in [5.74, 6) is 0.398. The van der Waals surface area contributed by atoms with E-state index < -0.39 is 0 Å². The summed E-state index contributed by atoms with van der Waals surface area (Å²) in [7, 11) is 1.39. The first-order valence-corrected chi connectivity index (χ1v) is 5.68. The molecule has 0 N–H and O–H groups in total. The summed E-state index contributed by atoms with van der Waals surface area (Å²) in [5.41, 5.74) is 0.549. The Bertz CT molecular complexity index is 353. The fourth-order valence-electron chi connectivity index (χ4n) is 2.08. The Morgan fingerprint density at radius 2 is 2.19 bits per heavy atom. The highest BCUT2D eigenvalue weighted by atomic mass is 16.5. The number of esters is 1. The summed E-state index contributed by atoms with van der Waals surface area (Å²) in [5, 5.41) is 0. The summed E-state index contributed by atoms with van der Waals surface area (Å²) in [6, 6.07) is 1.67. The molecule has 0 aliphatic carbocycles. The summed E-state index contributed by atoms with van der Waals surface area (Å²) in [6.07, 6.45) is 5.31. The molecule has 1 aliphatic rings. The van der Waals surface area contributed by atoms with E-state index in [4.69, 9.17) is 9.15 Å². The first-order valence-electron chi connectivity index (χ1n) is 5.68. The van der Waals surface area contributed by atoms with Crippen molar-refractivity contribution in [3.63, 3.8) is 0 Å². The van der Waals surface area contributed by atoms with Crippen LogP contribution < -0.4 is 0 Å². The van der Waals surface area contributed by atoms with Gasteiger partial charge in [-0.25, -0.2) is 4.79 Å². The van der Waals surface area contributed by atoms with Gasteiger partial charge in [-0.2, -0.15) is 0 Å². The highest BCUT2D eigenvalue weighted by molar-refractivity contribution is 5.90. The van der Waals surface area contributed by atoms with Gasteiger partial charge in [0.25, 0.3) is 0 Å². The van der Waals surface area contributed by atoms with E-state index in [1.807, 2.05) is 0 Å². The van der Waals surface area contributed by atoms with E-state index in [-0.39, 0.29) is 5.97 Å². The molecule has 0 saturated carbocycles. The van der Waals surface area contributed by atoms with E-state index >= 15 is 0 Å². The third-order valence-electron chi connectivity index (χ3n) is 2.97. The number of ether oxygens (including phenoxy) is 1. The Hall–Kier alpha value is -1.29. The van der Waals surface area contributed by atoms with Crippen molar-refractivity contribution in [1.82, 2.24) is 4.90 Å². The lowest BCUT2D eigenvalue weighted by atomic mass is 10.1. The molecule has 1 aromatic heterocycles. The maximum atomic E-state index is 11.4. The van der Waals surface area contributed by atoms with Crippen molar-refractivity contribution in [2.75, 3.05) is 20.2 Å². The second-order valence-electron chi connectivity index (χ2n) is 4.09. The number of hydrogen-bond acceptors (Lipinski definition) is 4. The second kappa shape index (κ2) is 5.16. The molecule has 1 aliphatic heterocycles. The predicted octanol–water partition coefficient (Wildman–Crippen LogP) is 2.05. The average molecular weight is 223 g/mol. The van der Waals surface area contributed by atoms with Gasteiger partial charge in [-0.05, 0) is 32.0 Å². The summed E-state index contributed by atoms with van der Waals surface area (Å²) < 4.78 is 10.1. The summed E-state index contributed by atoms with van der Waals surface area (Å²) >= 11 is 0. The molecule has 0 amide bonds. The van der Waals surface area contributed by atoms with Crippen molar-refractivity contribution in [1.29, 1.82) is 0 Å². The number of hydrogen-bond donors (Lipinski definition) is 0. The van der Waals surface area contributed by atoms with Crippen LogP contribution in [0.2, 0.25) is 0 Å². The Balaban J connectivity index is 2.03. The van der Waals surface area contributed by atoms with E-state index in [1.54, 1.807) is 12.3 Å². The van der Waals surface area contributed by atoms with E-state index in [9.17, 15) is 4.79 Å². The van der Waals surface area contributed by atoms with Gasteiger partial charge in [-0.15, -0.1) is 0 Å². The Morgan fingerprint density at radius 3 is 2.88 bits per heavy atom. The van der Waals surface area contributed by atoms with Gasteiger partial charge in [0, 0.05) is 0 Å². The lowest BCUT2D eigenvalue weighted by Gasteiger charge is -2.25. The number of carbonyl (C=O) groups excluding carboxylic acids is 1. The van der Waals surface area contributed by atoms with Crippen molar-refractivity contribution >= 4 is 5.97 Å². The maximum Gasteiger partial charge on any atom is 0.341 e. The van der Waals surface area contributed by atoms with Crippen molar-refractivity contribution in [3.05, 3.63) is 23.7 Å². The lowest BCUT2D eigenvalue weighted by molar-refractivity contribution is 0.0596. The number of carbonyl (C=O) groups is 1. The minimum Gasteiger partial charge on any atom is -0.467 e.